The van der Waals surface area contributed by atoms with E-state index in [0.29, 0.717) is 0 Å². The van der Waals surface area contributed by atoms with Crippen molar-refractivity contribution in [1.82, 2.24) is 4.90 Å². The predicted octanol–water partition coefficient (Wildman–Crippen LogP) is 4.48. The Morgan fingerprint density at radius 3 is 2.90 bits per heavy atom. The van der Waals surface area contributed by atoms with Crippen LogP contribution in [0, 0.1) is 0 Å². The second kappa shape index (κ2) is 6.61. The monoisotopic (exact) mass is 306 g/mol. The van der Waals surface area contributed by atoms with Crippen LogP contribution >= 0.6 is 22.9 Å². The van der Waals surface area contributed by atoms with Crippen molar-refractivity contribution in [2.24, 2.45) is 0 Å². The molecule has 1 aromatic heterocycles. The van der Waals surface area contributed by atoms with Gasteiger partial charge in [-0.2, -0.15) is 11.3 Å². The second-order valence-corrected chi connectivity index (χ2v) is 6.49. The van der Waals surface area contributed by atoms with E-state index in [9.17, 15) is 0 Å². The van der Waals surface area contributed by atoms with Crippen molar-refractivity contribution in [1.29, 1.82) is 0 Å². The number of hydrogen-bond donors (Lipinski definition) is 1. The number of nitrogens with zero attached hydrogens (tertiary/aromatic N) is 1. The number of rotatable bonds is 7. The molecule has 1 heterocycles. The van der Waals surface area contributed by atoms with Gasteiger partial charge in [0.25, 0.3) is 0 Å². The van der Waals surface area contributed by atoms with E-state index in [-0.39, 0.29) is 0 Å². The van der Waals surface area contributed by atoms with Gasteiger partial charge in [-0.05, 0) is 53.4 Å². The fourth-order valence-corrected chi connectivity index (χ4v) is 3.24. The van der Waals surface area contributed by atoms with E-state index in [2.05, 4.69) is 33.1 Å². The molecular weight excluding hydrogens is 288 g/mol. The van der Waals surface area contributed by atoms with Crippen LogP contribution in [0.25, 0.3) is 0 Å². The van der Waals surface area contributed by atoms with Crippen LogP contribution in [0.15, 0.2) is 41.1 Å². The molecule has 2 nitrogen and oxygen atoms in total. The highest BCUT2D eigenvalue weighted by Crippen LogP contribution is 2.28. The van der Waals surface area contributed by atoms with Crippen LogP contribution in [0.1, 0.15) is 18.4 Å². The quantitative estimate of drug-likeness (QED) is 0.811. The van der Waals surface area contributed by atoms with E-state index in [1.54, 1.807) is 11.3 Å². The highest BCUT2D eigenvalue weighted by Gasteiger charge is 2.28. The van der Waals surface area contributed by atoms with Crippen LogP contribution in [-0.2, 0) is 6.54 Å². The van der Waals surface area contributed by atoms with Gasteiger partial charge in [0.1, 0.15) is 0 Å². The number of anilines is 1. The minimum absolute atomic E-state index is 0.785. The van der Waals surface area contributed by atoms with Crippen molar-refractivity contribution in [3.8, 4) is 0 Å². The maximum Gasteiger partial charge on any atom is 0.0426 e. The summed E-state index contributed by atoms with van der Waals surface area (Å²) in [6, 6.07) is 10.9. The first-order valence-corrected chi connectivity index (χ1v) is 8.38. The highest BCUT2D eigenvalue weighted by molar-refractivity contribution is 7.07. The van der Waals surface area contributed by atoms with Gasteiger partial charge in [0.2, 0.25) is 0 Å². The number of halogens is 1. The van der Waals surface area contributed by atoms with Crippen LogP contribution in [0.4, 0.5) is 5.69 Å². The van der Waals surface area contributed by atoms with Crippen molar-refractivity contribution in [3.05, 3.63) is 51.7 Å². The van der Waals surface area contributed by atoms with E-state index in [4.69, 9.17) is 11.6 Å². The van der Waals surface area contributed by atoms with E-state index in [0.717, 1.165) is 36.4 Å². The van der Waals surface area contributed by atoms with Crippen LogP contribution in [0.5, 0.6) is 0 Å². The van der Waals surface area contributed by atoms with Crippen LogP contribution in [-0.4, -0.2) is 24.0 Å². The fourth-order valence-electron chi connectivity index (χ4n) is 2.39. The maximum absolute atomic E-state index is 5.99. The molecular formula is C16H19ClN2S. The Balaban J connectivity index is 1.50. The number of benzene rings is 1. The van der Waals surface area contributed by atoms with E-state index >= 15 is 0 Å². The lowest BCUT2D eigenvalue weighted by atomic mass is 10.3. The Morgan fingerprint density at radius 1 is 1.30 bits per heavy atom. The van der Waals surface area contributed by atoms with E-state index in [1.807, 2.05) is 18.2 Å². The standard InChI is InChI=1S/C16H19ClN2S/c17-14-2-1-3-15(10-14)18-7-8-19(16-4-5-16)11-13-6-9-20-12-13/h1-3,6,9-10,12,16,18H,4-5,7-8,11H2. The molecule has 0 saturated heterocycles. The number of nitrogens with one attached hydrogen (secondary N) is 1. The van der Waals surface area contributed by atoms with Gasteiger partial charge in [-0.25, -0.2) is 0 Å². The topological polar surface area (TPSA) is 15.3 Å². The van der Waals surface area contributed by atoms with Crippen molar-refractivity contribution < 1.29 is 0 Å². The van der Waals surface area contributed by atoms with Crippen molar-refractivity contribution >= 4 is 28.6 Å². The van der Waals surface area contributed by atoms with Gasteiger partial charge in [-0.15, -0.1) is 0 Å². The zero-order chi connectivity index (χ0) is 13.8. The summed E-state index contributed by atoms with van der Waals surface area (Å²) >= 11 is 7.77. The largest absolute Gasteiger partial charge is 0.384 e. The Bertz CT molecular complexity index is 537. The summed E-state index contributed by atoms with van der Waals surface area (Å²) in [5.74, 6) is 0. The Hall–Kier alpha value is -1.03. The lowest BCUT2D eigenvalue weighted by Crippen LogP contribution is -2.30. The Morgan fingerprint density at radius 2 is 2.20 bits per heavy atom. The normalized spacial score (nSPS) is 14.7. The zero-order valence-electron chi connectivity index (χ0n) is 11.4. The summed E-state index contributed by atoms with van der Waals surface area (Å²) in [6.45, 7) is 3.11. The van der Waals surface area contributed by atoms with Gasteiger partial charge in [0.05, 0.1) is 0 Å². The second-order valence-electron chi connectivity index (χ2n) is 5.27. The zero-order valence-corrected chi connectivity index (χ0v) is 13.0. The lowest BCUT2D eigenvalue weighted by molar-refractivity contribution is 0.265. The van der Waals surface area contributed by atoms with Gasteiger partial charge in [0.15, 0.2) is 0 Å². The molecule has 20 heavy (non-hydrogen) atoms. The third-order valence-electron chi connectivity index (χ3n) is 3.58. The third kappa shape index (κ3) is 3.98. The first-order valence-electron chi connectivity index (χ1n) is 7.06. The third-order valence-corrected chi connectivity index (χ3v) is 4.55. The summed E-state index contributed by atoms with van der Waals surface area (Å²) in [5.41, 5.74) is 2.54. The molecule has 1 N–H and O–H groups in total. The molecule has 2 aromatic rings. The molecule has 1 fully saturated rings. The molecule has 0 unspecified atom stereocenters. The SMILES string of the molecule is Clc1cccc(NCCN(Cc2ccsc2)C2CC2)c1. The van der Waals surface area contributed by atoms with Gasteiger partial charge < -0.3 is 5.32 Å². The summed E-state index contributed by atoms with van der Waals surface area (Å²) < 4.78 is 0. The molecule has 0 amide bonds. The van der Waals surface area contributed by atoms with Gasteiger partial charge in [0, 0.05) is 36.4 Å². The van der Waals surface area contributed by atoms with Crippen LogP contribution in [0.2, 0.25) is 5.02 Å². The average molecular weight is 307 g/mol. The molecule has 0 bridgehead atoms. The lowest BCUT2D eigenvalue weighted by Gasteiger charge is -2.22. The van der Waals surface area contributed by atoms with Crippen molar-refractivity contribution in [2.45, 2.75) is 25.4 Å². The smallest absolute Gasteiger partial charge is 0.0426 e. The van der Waals surface area contributed by atoms with E-state index < -0.39 is 0 Å². The maximum atomic E-state index is 5.99. The number of hydrogen-bond acceptors (Lipinski definition) is 3. The first kappa shape index (κ1) is 13.9. The average Bonchev–Trinajstić information content (AvgIpc) is 3.16. The molecule has 0 atom stereocenters. The van der Waals surface area contributed by atoms with Crippen LogP contribution in [0.3, 0.4) is 0 Å². The van der Waals surface area contributed by atoms with Crippen molar-refractivity contribution in [3.63, 3.8) is 0 Å². The van der Waals surface area contributed by atoms with Crippen molar-refractivity contribution in [2.75, 3.05) is 18.4 Å². The summed E-state index contributed by atoms with van der Waals surface area (Å²) in [5, 5.41) is 8.65. The molecule has 106 valence electrons. The van der Waals surface area contributed by atoms with Gasteiger partial charge in [-0.1, -0.05) is 17.7 Å². The minimum atomic E-state index is 0.785. The Labute approximate surface area is 129 Å². The molecule has 3 rings (SSSR count). The predicted molar refractivity (Wildman–Crippen MR) is 87.7 cm³/mol. The van der Waals surface area contributed by atoms with E-state index in [1.165, 1.54) is 18.4 Å². The summed E-state index contributed by atoms with van der Waals surface area (Å²) in [7, 11) is 0. The summed E-state index contributed by atoms with van der Waals surface area (Å²) in [4.78, 5) is 2.58. The summed E-state index contributed by atoms with van der Waals surface area (Å²) in [6.07, 6.45) is 2.70. The van der Waals surface area contributed by atoms with Crippen LogP contribution < -0.4 is 5.32 Å². The molecule has 1 aliphatic carbocycles. The fraction of sp³-hybridized carbons (Fsp3) is 0.375. The first-order chi connectivity index (χ1) is 9.81. The number of thiophene rings is 1. The Kier molecular flexibility index (Phi) is 4.61. The molecule has 0 aliphatic heterocycles. The minimum Gasteiger partial charge on any atom is -0.384 e. The molecule has 4 heteroatoms. The van der Waals surface area contributed by atoms with Gasteiger partial charge in [-0.3, -0.25) is 4.90 Å². The van der Waals surface area contributed by atoms with Gasteiger partial charge >= 0.3 is 0 Å². The molecule has 1 aromatic carbocycles. The molecule has 0 spiro atoms. The highest BCUT2D eigenvalue weighted by atomic mass is 35.5. The molecule has 0 radical (unpaired) electrons. The molecule has 1 aliphatic rings. The molecule has 1 saturated carbocycles.